The number of carbonyl (C=O) groups excluding carboxylic acids is 1. The van der Waals surface area contributed by atoms with Crippen LogP contribution in [0.5, 0.6) is 0 Å². The van der Waals surface area contributed by atoms with E-state index in [0.717, 1.165) is 36.0 Å². The van der Waals surface area contributed by atoms with Gasteiger partial charge in [-0.05, 0) is 43.7 Å². The minimum absolute atomic E-state index is 0.0351. The molecule has 0 N–H and O–H groups in total. The molecule has 1 heterocycles. The van der Waals surface area contributed by atoms with Gasteiger partial charge in [0, 0.05) is 0 Å². The molecule has 176 valence electrons. The Morgan fingerprint density at radius 3 is 1.88 bits per heavy atom. The number of hydrogen-bond acceptors (Lipinski definition) is 3. The van der Waals surface area contributed by atoms with Crippen molar-refractivity contribution in [2.24, 2.45) is 5.92 Å². The van der Waals surface area contributed by atoms with Crippen molar-refractivity contribution in [3.63, 3.8) is 0 Å². The van der Waals surface area contributed by atoms with Gasteiger partial charge in [-0.2, -0.15) is 0 Å². The highest BCUT2D eigenvalue weighted by atomic mass is 16.5. The van der Waals surface area contributed by atoms with Gasteiger partial charge in [-0.1, -0.05) is 72.3 Å². The third-order valence-corrected chi connectivity index (χ3v) is 6.13. The van der Waals surface area contributed by atoms with Crippen LogP contribution >= 0.6 is 0 Å². The number of carbonyl (C=O) groups is 1. The minimum atomic E-state index is -0.270. The van der Waals surface area contributed by atoms with Gasteiger partial charge in [0.25, 0.3) is 0 Å². The number of likely N-dealkylation sites (tertiary alicyclic amines) is 1. The van der Waals surface area contributed by atoms with Gasteiger partial charge in [0.1, 0.15) is 0 Å². The van der Waals surface area contributed by atoms with E-state index in [1.165, 1.54) is 0 Å². The Bertz CT molecular complexity index is 827. The smallest absolute Gasteiger partial charge is 0.230 e. The lowest BCUT2D eigenvalue weighted by molar-refractivity contribution is -0.146. The molecule has 1 aliphatic heterocycles. The Labute approximate surface area is 198 Å². The monoisotopic (exact) mass is 447 g/mol. The molecule has 1 fully saturated rings. The molecule has 2 aromatic rings. The highest BCUT2D eigenvalue weighted by Gasteiger charge is 2.36. The van der Waals surface area contributed by atoms with Crippen LogP contribution in [-0.2, 0) is 27.5 Å². The Morgan fingerprint density at radius 1 is 0.970 bits per heavy atom. The molecule has 1 amide bonds. The predicted octanol–water partition coefficient (Wildman–Crippen LogP) is 5.94. The van der Waals surface area contributed by atoms with Crippen LogP contribution in [0.2, 0.25) is 0 Å². The van der Waals surface area contributed by atoms with Gasteiger partial charge in [0.2, 0.25) is 5.91 Å². The van der Waals surface area contributed by atoms with Gasteiger partial charge < -0.3 is 14.4 Å². The van der Waals surface area contributed by atoms with E-state index in [1.807, 2.05) is 48.2 Å². The summed E-state index contributed by atoms with van der Waals surface area (Å²) in [6.07, 6.45) is 5.31. The van der Waals surface area contributed by atoms with Crippen LogP contribution in [0, 0.1) is 5.92 Å². The highest BCUT2D eigenvalue weighted by Crippen LogP contribution is 2.28. The average Bonchev–Trinajstić information content (AvgIpc) is 2.83. The normalized spacial score (nSPS) is 19.1. The van der Waals surface area contributed by atoms with Crippen molar-refractivity contribution >= 4 is 5.91 Å². The summed E-state index contributed by atoms with van der Waals surface area (Å²) in [5.41, 5.74) is 3.26. The molecule has 2 aromatic carbocycles. The van der Waals surface area contributed by atoms with E-state index in [1.54, 1.807) is 6.08 Å². The molecule has 1 aliphatic rings. The summed E-state index contributed by atoms with van der Waals surface area (Å²) in [6, 6.07) is 20.4. The summed E-state index contributed by atoms with van der Waals surface area (Å²) in [7, 11) is 0. The molecule has 4 heteroatoms. The molecule has 4 nitrogen and oxygen atoms in total. The first-order valence-corrected chi connectivity index (χ1v) is 11.9. The van der Waals surface area contributed by atoms with E-state index < -0.39 is 0 Å². The maximum atomic E-state index is 13.7. The number of rotatable bonds is 12. The molecule has 0 unspecified atom stereocenters. The van der Waals surface area contributed by atoms with Gasteiger partial charge >= 0.3 is 0 Å². The largest absolute Gasteiger partial charge is 0.375 e. The molecule has 0 aromatic heterocycles. The lowest BCUT2D eigenvalue weighted by atomic mass is 9.92. The topological polar surface area (TPSA) is 38.8 Å². The van der Waals surface area contributed by atoms with Crippen LogP contribution in [0.15, 0.2) is 85.5 Å². The molecule has 1 saturated heterocycles. The first kappa shape index (κ1) is 24.9. The number of ether oxygens (including phenoxy) is 2. The molecule has 0 bridgehead atoms. The van der Waals surface area contributed by atoms with Crippen LogP contribution in [0.3, 0.4) is 0 Å². The lowest BCUT2D eigenvalue weighted by Crippen LogP contribution is -2.55. The Morgan fingerprint density at radius 2 is 1.45 bits per heavy atom. The summed E-state index contributed by atoms with van der Waals surface area (Å²) < 4.78 is 12.2. The van der Waals surface area contributed by atoms with Crippen LogP contribution in [0.25, 0.3) is 0 Å². The zero-order valence-electron chi connectivity index (χ0n) is 19.8. The van der Waals surface area contributed by atoms with E-state index >= 15 is 0 Å². The summed E-state index contributed by atoms with van der Waals surface area (Å²) >= 11 is 0. The number of piperidine rings is 1. The van der Waals surface area contributed by atoms with Crippen LogP contribution in [0.1, 0.15) is 43.7 Å². The second kappa shape index (κ2) is 13.1. The van der Waals surface area contributed by atoms with Gasteiger partial charge in [0.15, 0.2) is 0 Å². The third kappa shape index (κ3) is 7.69. The van der Waals surface area contributed by atoms with Crippen molar-refractivity contribution in [3.8, 4) is 0 Å². The third-order valence-electron chi connectivity index (χ3n) is 6.13. The van der Waals surface area contributed by atoms with E-state index in [2.05, 4.69) is 37.4 Å². The summed E-state index contributed by atoms with van der Waals surface area (Å²) in [5, 5.41) is 0. The van der Waals surface area contributed by atoms with E-state index in [0.29, 0.717) is 32.8 Å². The second-order valence-electron chi connectivity index (χ2n) is 8.99. The van der Waals surface area contributed by atoms with Crippen molar-refractivity contribution in [2.75, 3.05) is 13.2 Å². The predicted molar refractivity (Wildman–Crippen MR) is 134 cm³/mol. The van der Waals surface area contributed by atoms with Gasteiger partial charge in [0.05, 0.1) is 44.4 Å². The molecule has 33 heavy (non-hydrogen) atoms. The maximum absolute atomic E-state index is 13.7. The standard InChI is InChI=1S/C29H37NO3/c1-4-26(18-23(2)3)29(31)30-27(21-32-19-24-12-7-5-8-13-24)16-11-17-28(30)22-33-20-25-14-9-6-10-15-25/h4-10,12-15,26-28H,1-2,11,16-22H2,3H3/t26-,27+,28+/m0/s1. The first-order chi connectivity index (χ1) is 16.1. The zero-order chi connectivity index (χ0) is 23.5. The van der Waals surface area contributed by atoms with Crippen molar-refractivity contribution in [1.82, 2.24) is 4.90 Å². The van der Waals surface area contributed by atoms with E-state index in [-0.39, 0.29) is 23.9 Å². The second-order valence-corrected chi connectivity index (χ2v) is 8.99. The molecular weight excluding hydrogens is 410 g/mol. The summed E-state index contributed by atoms with van der Waals surface area (Å²) in [4.78, 5) is 15.7. The van der Waals surface area contributed by atoms with Gasteiger partial charge in [-0.15, -0.1) is 13.2 Å². The SMILES string of the molecule is C=C[C@@H](CC(=C)C)C(=O)N1[C@@H](COCc2ccccc2)CCC[C@@H]1COCc1ccccc1. The lowest BCUT2D eigenvalue weighted by Gasteiger charge is -2.43. The number of nitrogens with zero attached hydrogens (tertiary/aromatic N) is 1. The van der Waals surface area contributed by atoms with Crippen molar-refractivity contribution in [2.45, 2.75) is 57.9 Å². The molecule has 0 aliphatic carbocycles. The fraction of sp³-hybridized carbons (Fsp3) is 0.414. The van der Waals surface area contributed by atoms with Crippen LogP contribution in [-0.4, -0.2) is 36.1 Å². The highest BCUT2D eigenvalue weighted by molar-refractivity contribution is 5.81. The number of amides is 1. The van der Waals surface area contributed by atoms with Crippen molar-refractivity contribution in [3.05, 3.63) is 96.6 Å². The molecule has 0 radical (unpaired) electrons. The van der Waals surface area contributed by atoms with Crippen molar-refractivity contribution < 1.29 is 14.3 Å². The van der Waals surface area contributed by atoms with Crippen LogP contribution in [0.4, 0.5) is 0 Å². The number of hydrogen-bond donors (Lipinski definition) is 0. The number of allylic oxidation sites excluding steroid dienone is 1. The number of benzene rings is 2. The zero-order valence-corrected chi connectivity index (χ0v) is 19.8. The minimum Gasteiger partial charge on any atom is -0.375 e. The Balaban J connectivity index is 1.68. The first-order valence-electron chi connectivity index (χ1n) is 11.9. The summed E-state index contributed by atoms with van der Waals surface area (Å²) in [5.74, 6) is -0.164. The van der Waals surface area contributed by atoms with Gasteiger partial charge in [-0.3, -0.25) is 4.79 Å². The Kier molecular flexibility index (Phi) is 9.92. The molecule has 0 saturated carbocycles. The molecule has 0 spiro atoms. The maximum Gasteiger partial charge on any atom is 0.230 e. The van der Waals surface area contributed by atoms with E-state index in [4.69, 9.17) is 9.47 Å². The molecule has 3 atom stereocenters. The molecular formula is C29H37NO3. The quantitative estimate of drug-likeness (QED) is 0.378. The van der Waals surface area contributed by atoms with E-state index in [9.17, 15) is 4.79 Å². The van der Waals surface area contributed by atoms with Gasteiger partial charge in [-0.25, -0.2) is 0 Å². The fourth-order valence-electron chi connectivity index (χ4n) is 4.47. The van der Waals surface area contributed by atoms with Crippen LogP contribution < -0.4 is 0 Å². The molecule has 3 rings (SSSR count). The average molecular weight is 448 g/mol. The fourth-order valence-corrected chi connectivity index (χ4v) is 4.47. The Hall–Kier alpha value is -2.69. The summed E-state index contributed by atoms with van der Waals surface area (Å²) in [6.45, 7) is 12.0. The van der Waals surface area contributed by atoms with Crippen molar-refractivity contribution in [1.29, 1.82) is 0 Å².